The number of rotatable bonds is 4. The highest BCUT2D eigenvalue weighted by molar-refractivity contribution is 5.78. The number of piperidine rings is 1. The molecule has 0 saturated carbocycles. The van der Waals surface area contributed by atoms with Crippen LogP contribution in [-0.4, -0.2) is 33.9 Å². The van der Waals surface area contributed by atoms with Crippen molar-refractivity contribution < 1.29 is 4.79 Å². The predicted octanol–water partition coefficient (Wildman–Crippen LogP) is 2.43. The van der Waals surface area contributed by atoms with E-state index in [9.17, 15) is 4.79 Å². The van der Waals surface area contributed by atoms with Gasteiger partial charge in [-0.15, -0.1) is 0 Å². The lowest BCUT2D eigenvalue weighted by molar-refractivity contribution is -0.131. The molecule has 0 atom stereocenters. The Morgan fingerprint density at radius 2 is 2.00 bits per heavy atom. The Balaban J connectivity index is 1.47. The third-order valence-corrected chi connectivity index (χ3v) is 4.23. The maximum atomic E-state index is 12.2. The van der Waals surface area contributed by atoms with Crippen LogP contribution < -0.4 is 0 Å². The summed E-state index contributed by atoms with van der Waals surface area (Å²) in [6, 6.07) is 10.6. The fourth-order valence-corrected chi connectivity index (χ4v) is 2.99. The van der Waals surface area contributed by atoms with Crippen molar-refractivity contribution in [1.29, 1.82) is 0 Å². The molecule has 1 aliphatic heterocycles. The summed E-state index contributed by atoms with van der Waals surface area (Å²) in [5.74, 6) is 0.904. The highest BCUT2D eigenvalue weighted by atomic mass is 16.2. The number of H-pyrrole nitrogens is 1. The van der Waals surface area contributed by atoms with Gasteiger partial charge in [-0.05, 0) is 30.7 Å². The van der Waals surface area contributed by atoms with Crippen LogP contribution in [-0.2, 0) is 17.6 Å². The Morgan fingerprint density at radius 3 is 2.67 bits per heavy atom. The van der Waals surface area contributed by atoms with Gasteiger partial charge in [0.15, 0.2) is 0 Å². The number of nitrogens with one attached hydrogen (secondary N) is 1. The van der Waals surface area contributed by atoms with E-state index in [0.717, 1.165) is 38.0 Å². The number of aromatic amines is 1. The van der Waals surface area contributed by atoms with Crippen LogP contribution >= 0.6 is 0 Å². The van der Waals surface area contributed by atoms with Gasteiger partial charge in [0.1, 0.15) is 0 Å². The first-order chi connectivity index (χ1) is 10.3. The van der Waals surface area contributed by atoms with E-state index in [-0.39, 0.29) is 5.91 Å². The van der Waals surface area contributed by atoms with Gasteiger partial charge in [-0.1, -0.05) is 30.3 Å². The number of hydrogen-bond acceptors (Lipinski definition) is 2. The van der Waals surface area contributed by atoms with Crippen LogP contribution in [0.5, 0.6) is 0 Å². The quantitative estimate of drug-likeness (QED) is 0.937. The zero-order chi connectivity index (χ0) is 14.5. The predicted molar refractivity (Wildman–Crippen MR) is 81.7 cm³/mol. The van der Waals surface area contributed by atoms with Crippen LogP contribution in [0.15, 0.2) is 42.9 Å². The van der Waals surface area contributed by atoms with E-state index in [4.69, 9.17) is 0 Å². The molecule has 1 fully saturated rings. The topological polar surface area (TPSA) is 49.0 Å². The Labute approximate surface area is 125 Å². The summed E-state index contributed by atoms with van der Waals surface area (Å²) in [4.78, 5) is 21.1. The molecule has 2 heterocycles. The molecule has 4 heteroatoms. The summed E-state index contributed by atoms with van der Waals surface area (Å²) in [6.07, 6.45) is 7.11. The lowest BCUT2D eigenvalue weighted by atomic mass is 9.90. The molecule has 1 N–H and O–H groups in total. The van der Waals surface area contributed by atoms with E-state index < -0.39 is 0 Å². The number of carbonyl (C=O) groups is 1. The number of imidazole rings is 1. The monoisotopic (exact) mass is 283 g/mol. The van der Waals surface area contributed by atoms with Crippen LogP contribution in [0.4, 0.5) is 0 Å². The summed E-state index contributed by atoms with van der Waals surface area (Å²) in [7, 11) is 0. The minimum absolute atomic E-state index is 0.206. The van der Waals surface area contributed by atoms with Crippen LogP contribution in [0.3, 0.4) is 0 Å². The molecular formula is C17H21N3O. The lowest BCUT2D eigenvalue weighted by Crippen LogP contribution is -2.39. The first kappa shape index (κ1) is 13.9. The average molecular weight is 283 g/mol. The van der Waals surface area contributed by atoms with Gasteiger partial charge in [0.05, 0.1) is 12.7 Å². The Hall–Kier alpha value is -2.10. The highest BCUT2D eigenvalue weighted by Crippen LogP contribution is 2.22. The Bertz CT molecular complexity index is 557. The number of hydrogen-bond donors (Lipinski definition) is 1. The Morgan fingerprint density at radius 1 is 1.24 bits per heavy atom. The maximum Gasteiger partial charge on any atom is 0.228 e. The molecule has 0 unspecified atom stereocenters. The number of amides is 1. The van der Waals surface area contributed by atoms with E-state index in [2.05, 4.69) is 40.3 Å². The van der Waals surface area contributed by atoms with Crippen molar-refractivity contribution in [3.05, 3.63) is 54.1 Å². The van der Waals surface area contributed by atoms with Gasteiger partial charge >= 0.3 is 0 Å². The van der Waals surface area contributed by atoms with Gasteiger partial charge in [-0.3, -0.25) is 4.79 Å². The average Bonchev–Trinajstić information content (AvgIpc) is 3.02. The number of likely N-dealkylation sites (tertiary alicyclic amines) is 1. The summed E-state index contributed by atoms with van der Waals surface area (Å²) >= 11 is 0. The summed E-state index contributed by atoms with van der Waals surface area (Å²) in [5.41, 5.74) is 2.30. The highest BCUT2D eigenvalue weighted by Gasteiger charge is 2.23. The van der Waals surface area contributed by atoms with Gasteiger partial charge in [0.2, 0.25) is 5.91 Å². The van der Waals surface area contributed by atoms with Crippen LogP contribution in [0.2, 0.25) is 0 Å². The molecule has 1 amide bonds. The molecule has 3 rings (SSSR count). The molecule has 21 heavy (non-hydrogen) atoms. The van der Waals surface area contributed by atoms with Crippen molar-refractivity contribution in [3.63, 3.8) is 0 Å². The zero-order valence-corrected chi connectivity index (χ0v) is 12.2. The van der Waals surface area contributed by atoms with Crippen molar-refractivity contribution in [2.45, 2.75) is 25.7 Å². The minimum Gasteiger partial charge on any atom is -0.348 e. The molecule has 1 aromatic carbocycles. The number of benzene rings is 1. The SMILES string of the molecule is O=C(Cc1cnc[nH]1)N1CCC(Cc2ccccc2)CC1. The first-order valence-corrected chi connectivity index (χ1v) is 7.60. The molecule has 0 aliphatic carbocycles. The van der Waals surface area contributed by atoms with Crippen molar-refractivity contribution in [2.75, 3.05) is 13.1 Å². The van der Waals surface area contributed by atoms with Crippen molar-refractivity contribution in [3.8, 4) is 0 Å². The van der Waals surface area contributed by atoms with Crippen molar-refractivity contribution in [2.24, 2.45) is 5.92 Å². The van der Waals surface area contributed by atoms with E-state index in [0.29, 0.717) is 12.3 Å². The standard InChI is InChI=1S/C17H21N3O/c21-17(11-16-12-18-13-19-16)20-8-6-15(7-9-20)10-14-4-2-1-3-5-14/h1-5,12-13,15H,6-11H2,(H,18,19). The van der Waals surface area contributed by atoms with Gasteiger partial charge in [-0.25, -0.2) is 4.98 Å². The Kier molecular flexibility index (Phi) is 4.34. The van der Waals surface area contributed by atoms with Crippen molar-refractivity contribution >= 4 is 5.91 Å². The summed E-state index contributed by atoms with van der Waals surface area (Å²) < 4.78 is 0. The van der Waals surface area contributed by atoms with Crippen LogP contribution in [0, 0.1) is 5.92 Å². The van der Waals surface area contributed by atoms with Crippen LogP contribution in [0.1, 0.15) is 24.1 Å². The normalized spacial score (nSPS) is 16.1. The van der Waals surface area contributed by atoms with Gasteiger partial charge in [0.25, 0.3) is 0 Å². The van der Waals surface area contributed by atoms with E-state index in [1.807, 2.05) is 4.90 Å². The van der Waals surface area contributed by atoms with E-state index >= 15 is 0 Å². The van der Waals surface area contributed by atoms with Gasteiger partial charge in [-0.2, -0.15) is 0 Å². The molecule has 1 aliphatic rings. The molecule has 2 aromatic rings. The molecule has 110 valence electrons. The fourth-order valence-electron chi connectivity index (χ4n) is 2.99. The summed E-state index contributed by atoms with van der Waals surface area (Å²) in [6.45, 7) is 1.76. The first-order valence-electron chi connectivity index (χ1n) is 7.60. The van der Waals surface area contributed by atoms with E-state index in [1.54, 1.807) is 12.5 Å². The number of nitrogens with zero attached hydrogens (tertiary/aromatic N) is 2. The van der Waals surface area contributed by atoms with E-state index in [1.165, 1.54) is 5.56 Å². The number of aromatic nitrogens is 2. The molecule has 1 saturated heterocycles. The largest absolute Gasteiger partial charge is 0.348 e. The second-order valence-corrected chi connectivity index (χ2v) is 5.77. The smallest absolute Gasteiger partial charge is 0.228 e. The maximum absolute atomic E-state index is 12.2. The second-order valence-electron chi connectivity index (χ2n) is 5.77. The molecular weight excluding hydrogens is 262 g/mol. The molecule has 0 bridgehead atoms. The molecule has 0 radical (unpaired) electrons. The van der Waals surface area contributed by atoms with Crippen LogP contribution in [0.25, 0.3) is 0 Å². The van der Waals surface area contributed by atoms with Gasteiger partial charge < -0.3 is 9.88 Å². The summed E-state index contributed by atoms with van der Waals surface area (Å²) in [5, 5.41) is 0. The zero-order valence-electron chi connectivity index (χ0n) is 12.2. The fraction of sp³-hybridized carbons (Fsp3) is 0.412. The van der Waals surface area contributed by atoms with Crippen molar-refractivity contribution in [1.82, 2.24) is 14.9 Å². The minimum atomic E-state index is 0.206. The second kappa shape index (κ2) is 6.57. The third kappa shape index (κ3) is 3.72. The third-order valence-electron chi connectivity index (χ3n) is 4.23. The van der Waals surface area contributed by atoms with Gasteiger partial charge in [0, 0.05) is 25.0 Å². The molecule has 1 aromatic heterocycles. The number of carbonyl (C=O) groups excluding carboxylic acids is 1. The molecule has 4 nitrogen and oxygen atoms in total. The molecule has 0 spiro atoms. The lowest BCUT2D eigenvalue weighted by Gasteiger charge is -2.32.